The summed E-state index contributed by atoms with van der Waals surface area (Å²) in [5.41, 5.74) is -0.738. The molecule has 4 aromatic rings. The highest BCUT2D eigenvalue weighted by Gasteiger charge is 2.46. The number of pyridine rings is 1. The van der Waals surface area contributed by atoms with Gasteiger partial charge in [0.1, 0.15) is 17.8 Å². The number of nitrogens with one attached hydrogen (secondary N) is 2. The van der Waals surface area contributed by atoms with Crippen LogP contribution in [-0.2, 0) is 34.5 Å². The van der Waals surface area contributed by atoms with Gasteiger partial charge >= 0.3 is 6.18 Å². The molecule has 10 nitrogen and oxygen atoms in total. The maximum absolute atomic E-state index is 13.7. The molecule has 0 atom stereocenters. The van der Waals surface area contributed by atoms with E-state index in [1.165, 1.54) is 0 Å². The van der Waals surface area contributed by atoms with Gasteiger partial charge in [-0.3, -0.25) is 14.6 Å². The van der Waals surface area contributed by atoms with Crippen molar-refractivity contribution >= 4 is 29.0 Å². The Kier molecular flexibility index (Phi) is 7.86. The van der Waals surface area contributed by atoms with Gasteiger partial charge < -0.3 is 19.9 Å². The van der Waals surface area contributed by atoms with E-state index < -0.39 is 23.2 Å². The third-order valence-corrected chi connectivity index (χ3v) is 7.28. The molecule has 0 bridgehead atoms. The molecule has 0 unspecified atom stereocenters. The van der Waals surface area contributed by atoms with Crippen molar-refractivity contribution in [1.29, 1.82) is 0 Å². The number of benzene rings is 1. The van der Waals surface area contributed by atoms with E-state index in [2.05, 4.69) is 25.7 Å². The summed E-state index contributed by atoms with van der Waals surface area (Å²) in [6.45, 7) is 5.07. The van der Waals surface area contributed by atoms with E-state index in [0.29, 0.717) is 42.9 Å². The fourth-order valence-corrected chi connectivity index (χ4v) is 5.33. The van der Waals surface area contributed by atoms with Crippen molar-refractivity contribution in [3.05, 3.63) is 74.8 Å². The van der Waals surface area contributed by atoms with Gasteiger partial charge in [-0.25, -0.2) is 0 Å². The first-order valence-electron chi connectivity index (χ1n) is 13.1. The minimum Gasteiger partial charge on any atom is -0.364 e. The van der Waals surface area contributed by atoms with E-state index >= 15 is 0 Å². The molecule has 0 saturated carbocycles. The molecule has 216 valence electrons. The number of ether oxygens (including phenoxy) is 1. The van der Waals surface area contributed by atoms with Gasteiger partial charge in [0.15, 0.2) is 0 Å². The van der Waals surface area contributed by atoms with Crippen LogP contribution in [0.3, 0.4) is 0 Å². The molecule has 2 N–H and O–H groups in total. The Morgan fingerprint density at radius 1 is 1.20 bits per heavy atom. The smallest absolute Gasteiger partial charge is 0.364 e. The van der Waals surface area contributed by atoms with Crippen molar-refractivity contribution in [3.63, 3.8) is 0 Å². The van der Waals surface area contributed by atoms with Crippen molar-refractivity contribution in [1.82, 2.24) is 29.5 Å². The van der Waals surface area contributed by atoms with E-state index in [0.717, 1.165) is 22.7 Å². The maximum atomic E-state index is 13.7. The van der Waals surface area contributed by atoms with Crippen molar-refractivity contribution < 1.29 is 22.7 Å². The summed E-state index contributed by atoms with van der Waals surface area (Å²) in [4.78, 5) is 35.7. The minimum atomic E-state index is -4.57. The van der Waals surface area contributed by atoms with Crippen LogP contribution < -0.4 is 16.2 Å². The third kappa shape index (κ3) is 5.32. The molecular formula is C27H27ClF3N7O3. The number of amides is 1. The fourth-order valence-electron chi connectivity index (χ4n) is 5.11. The molecule has 0 radical (unpaired) electrons. The molecule has 6 rings (SSSR count). The zero-order chi connectivity index (χ0) is 29.4. The Balaban J connectivity index is 0.00000165. The number of alkyl halides is 3. The normalized spacial score (nSPS) is 15.9. The van der Waals surface area contributed by atoms with Crippen LogP contribution in [-0.4, -0.2) is 43.1 Å². The number of piperidine rings is 1. The fraction of sp³-hybridized carbons (Fsp3) is 0.370. The summed E-state index contributed by atoms with van der Waals surface area (Å²) in [5, 5.41) is 9.98. The van der Waals surface area contributed by atoms with E-state index in [4.69, 9.17) is 16.3 Å². The van der Waals surface area contributed by atoms with E-state index in [-0.39, 0.29) is 41.0 Å². The molecular weight excluding hydrogens is 563 g/mol. The Hall–Kier alpha value is -3.81. The minimum absolute atomic E-state index is 0.0186. The Morgan fingerprint density at radius 3 is 2.61 bits per heavy atom. The summed E-state index contributed by atoms with van der Waals surface area (Å²) in [6.07, 6.45) is -1.87. The third-order valence-electron chi connectivity index (χ3n) is 6.97. The number of fused-ring (bicyclic) bond motifs is 3. The van der Waals surface area contributed by atoms with Gasteiger partial charge in [0.25, 0.3) is 5.56 Å². The van der Waals surface area contributed by atoms with E-state index in [1.807, 2.05) is 13.8 Å². The van der Waals surface area contributed by atoms with Crippen LogP contribution in [0.25, 0.3) is 17.3 Å². The largest absolute Gasteiger partial charge is 0.416 e. The lowest BCUT2D eigenvalue weighted by Gasteiger charge is -2.33. The first-order chi connectivity index (χ1) is 19.7. The first-order valence-corrected chi connectivity index (χ1v) is 13.5. The van der Waals surface area contributed by atoms with E-state index in [1.54, 1.807) is 29.0 Å². The van der Waals surface area contributed by atoms with Crippen molar-refractivity contribution in [3.8, 4) is 11.5 Å². The highest BCUT2D eigenvalue weighted by Crippen LogP contribution is 2.41. The van der Waals surface area contributed by atoms with Gasteiger partial charge in [0, 0.05) is 6.20 Å². The quantitative estimate of drug-likeness (QED) is 0.363. The Labute approximate surface area is 237 Å². The SMILES string of the molecule is CC.O=C(Cn1c2c(c(=O)n3nc(-c4ccccn4)nc13)C1(CCNCC1)OC2)Nc1ccc(C(F)(F)F)cc1Cl. The molecule has 2 aliphatic heterocycles. The molecule has 5 heterocycles. The molecule has 1 amide bonds. The van der Waals surface area contributed by atoms with Crippen molar-refractivity contribution in [2.45, 2.75) is 51.6 Å². The first kappa shape index (κ1) is 28.7. The number of hydrogen-bond donors (Lipinski definition) is 2. The van der Waals surface area contributed by atoms with Gasteiger partial charge in [-0.2, -0.15) is 22.7 Å². The number of carbonyl (C=O) groups excluding carboxylic acids is 1. The summed E-state index contributed by atoms with van der Waals surface area (Å²) >= 11 is 6.04. The zero-order valence-electron chi connectivity index (χ0n) is 22.3. The second-order valence-electron chi connectivity index (χ2n) is 9.35. The lowest BCUT2D eigenvalue weighted by Crippen LogP contribution is -2.43. The maximum Gasteiger partial charge on any atom is 0.416 e. The van der Waals surface area contributed by atoms with E-state index in [9.17, 15) is 22.8 Å². The second kappa shape index (κ2) is 11.2. The topological polar surface area (TPSA) is 115 Å². The zero-order valence-corrected chi connectivity index (χ0v) is 23.0. The number of rotatable bonds is 4. The lowest BCUT2D eigenvalue weighted by atomic mass is 9.86. The molecule has 1 fully saturated rings. The van der Waals surface area contributed by atoms with Gasteiger partial charge in [-0.1, -0.05) is 31.5 Å². The van der Waals surface area contributed by atoms with Crippen LogP contribution in [0.15, 0.2) is 47.4 Å². The molecule has 1 saturated heterocycles. The number of carbonyl (C=O) groups is 1. The van der Waals surface area contributed by atoms with Gasteiger partial charge in [0.05, 0.1) is 34.1 Å². The van der Waals surface area contributed by atoms with Crippen LogP contribution in [0.1, 0.15) is 43.5 Å². The molecule has 0 aliphatic carbocycles. The average Bonchev–Trinajstić information content (AvgIpc) is 3.57. The van der Waals surface area contributed by atoms with Crippen LogP contribution in [0.5, 0.6) is 0 Å². The molecule has 1 aromatic carbocycles. The Bertz CT molecular complexity index is 1650. The molecule has 3 aromatic heterocycles. The Morgan fingerprint density at radius 2 is 1.95 bits per heavy atom. The number of aromatic nitrogens is 5. The summed E-state index contributed by atoms with van der Waals surface area (Å²) in [6, 6.07) is 7.88. The molecule has 1 spiro atoms. The molecule has 14 heteroatoms. The predicted molar refractivity (Wildman–Crippen MR) is 145 cm³/mol. The van der Waals surface area contributed by atoms with Gasteiger partial charge in [-0.05, 0) is 56.3 Å². The number of anilines is 1. The monoisotopic (exact) mass is 589 g/mol. The second-order valence-corrected chi connectivity index (χ2v) is 9.76. The van der Waals surface area contributed by atoms with Gasteiger partial charge in [-0.15, -0.1) is 5.10 Å². The van der Waals surface area contributed by atoms with Crippen molar-refractivity contribution in [2.24, 2.45) is 0 Å². The summed E-state index contributed by atoms with van der Waals surface area (Å²) < 4.78 is 48.0. The van der Waals surface area contributed by atoms with Crippen LogP contribution in [0, 0.1) is 0 Å². The molecule has 41 heavy (non-hydrogen) atoms. The summed E-state index contributed by atoms with van der Waals surface area (Å²) in [7, 11) is 0. The number of nitrogens with zero attached hydrogens (tertiary/aromatic N) is 5. The summed E-state index contributed by atoms with van der Waals surface area (Å²) in [5.74, 6) is -0.266. The number of hydrogen-bond acceptors (Lipinski definition) is 7. The standard InChI is InChI=1S/C25H21ClF3N7O3.C2H6/c26-15-11-14(25(27,28)29)4-5-16(15)32-19(37)12-35-18-13-39-24(6-9-30-10-7-24)20(18)22(38)36-23(35)33-21(34-36)17-3-1-2-8-31-17;1-2/h1-5,8,11,30H,6-7,9-10,12-13H2,(H,32,37);1-2H3. The highest BCUT2D eigenvalue weighted by atomic mass is 35.5. The average molecular weight is 590 g/mol. The van der Waals surface area contributed by atoms with Crippen LogP contribution in [0.2, 0.25) is 5.02 Å². The highest BCUT2D eigenvalue weighted by molar-refractivity contribution is 6.33. The van der Waals surface area contributed by atoms with Crippen LogP contribution in [0.4, 0.5) is 18.9 Å². The van der Waals surface area contributed by atoms with Crippen LogP contribution >= 0.6 is 11.6 Å². The van der Waals surface area contributed by atoms with Gasteiger partial charge in [0.2, 0.25) is 17.5 Å². The predicted octanol–water partition coefficient (Wildman–Crippen LogP) is 4.40. The molecule has 2 aliphatic rings. The number of halogens is 4. The van der Waals surface area contributed by atoms with Crippen molar-refractivity contribution in [2.75, 3.05) is 18.4 Å². The lowest BCUT2D eigenvalue weighted by molar-refractivity contribution is -0.137.